The molecule has 0 bridgehead atoms. The van der Waals surface area contributed by atoms with E-state index in [9.17, 15) is 0 Å². The minimum Gasteiger partial charge on any atom is -0.504 e. The lowest BCUT2D eigenvalue weighted by atomic mass is 10.0. The molecule has 0 fully saturated rings. The van der Waals surface area contributed by atoms with Crippen LogP contribution in [0.4, 0.5) is 0 Å². The van der Waals surface area contributed by atoms with Gasteiger partial charge in [0, 0.05) is 13.0 Å². The van der Waals surface area contributed by atoms with Crippen molar-refractivity contribution in [2.75, 3.05) is 33.4 Å². The molecule has 1 aromatic carbocycles. The molecule has 29 heavy (non-hydrogen) atoms. The number of hydrogen-bond donors (Lipinski definition) is 5. The maximum atomic E-state index is 9.09. The maximum Gasteiger partial charge on any atom is 0.157 e. The molecule has 2 rings (SSSR count). The first-order valence-corrected chi connectivity index (χ1v) is 10.1. The van der Waals surface area contributed by atoms with Crippen molar-refractivity contribution in [1.82, 2.24) is 0 Å². The van der Waals surface area contributed by atoms with Gasteiger partial charge in [0.05, 0.1) is 20.2 Å². The number of aliphatic hydroxyl groups excluding tert-OH is 2. The van der Waals surface area contributed by atoms with Gasteiger partial charge in [0.25, 0.3) is 0 Å². The number of aliphatic hydroxyl groups is 2. The minimum atomic E-state index is -0.109. The molecule has 7 nitrogen and oxygen atoms in total. The summed E-state index contributed by atoms with van der Waals surface area (Å²) in [6.45, 7) is 2.47. The summed E-state index contributed by atoms with van der Waals surface area (Å²) in [5.41, 5.74) is 2.41. The molecule has 0 saturated carbocycles. The molecular formula is C21H37NO6P+. The average Bonchev–Trinajstić information content (AvgIpc) is 2.72. The van der Waals surface area contributed by atoms with Crippen LogP contribution in [0.3, 0.4) is 0 Å². The van der Waals surface area contributed by atoms with E-state index in [4.69, 9.17) is 25.0 Å². The molecule has 1 aromatic rings. The Morgan fingerprint density at radius 3 is 2.24 bits per heavy atom. The topological polar surface area (TPSA) is 134 Å². The van der Waals surface area contributed by atoms with Crippen molar-refractivity contribution in [3.05, 3.63) is 47.6 Å². The Bertz CT molecular complexity index is 595. The van der Waals surface area contributed by atoms with Crippen LogP contribution < -0.4 is 4.90 Å². The Balaban J connectivity index is 0. The molecule has 0 spiro atoms. The largest absolute Gasteiger partial charge is 0.504 e. The van der Waals surface area contributed by atoms with Gasteiger partial charge in [-0.05, 0) is 49.8 Å². The maximum absolute atomic E-state index is 9.09. The zero-order valence-corrected chi connectivity index (χ0v) is 18.2. The number of rotatable bonds is 9. The smallest absolute Gasteiger partial charge is 0.157 e. The van der Waals surface area contributed by atoms with E-state index < -0.39 is 0 Å². The number of phenolic OH excluding ortho intramolecular Hbond substituents is 2. The lowest BCUT2D eigenvalue weighted by Crippen LogP contribution is -3.09. The van der Waals surface area contributed by atoms with Gasteiger partial charge in [0.1, 0.15) is 15.7 Å². The number of nitrogens with one attached hydrogen (secondary N) is 1. The van der Waals surface area contributed by atoms with Crippen LogP contribution in [0.15, 0.2) is 42.0 Å². The third-order valence-electron chi connectivity index (χ3n) is 4.34. The highest BCUT2D eigenvalue weighted by Gasteiger charge is 2.02. The summed E-state index contributed by atoms with van der Waals surface area (Å²) in [6, 6.07) is 4.68. The fourth-order valence-corrected chi connectivity index (χ4v) is 2.77. The van der Waals surface area contributed by atoms with Crippen molar-refractivity contribution < 1.29 is 35.4 Å². The van der Waals surface area contributed by atoms with Gasteiger partial charge in [0.2, 0.25) is 0 Å². The highest BCUT2D eigenvalue weighted by Crippen LogP contribution is 2.25. The summed E-state index contributed by atoms with van der Waals surface area (Å²) in [5, 5.41) is 35.3. The van der Waals surface area contributed by atoms with Crippen molar-refractivity contribution in [3.63, 3.8) is 0 Å². The van der Waals surface area contributed by atoms with Gasteiger partial charge in [-0.25, -0.2) is 0 Å². The SMILES string of the molecule is C[NH+](CCO)CCCC1=CCCC=C1.O.O=P.OCCCc1ccc(O)c(O)c1. The molecule has 1 aliphatic rings. The lowest BCUT2D eigenvalue weighted by Gasteiger charge is -2.12. The van der Waals surface area contributed by atoms with Gasteiger partial charge in [0.15, 0.2) is 11.5 Å². The second-order valence-electron chi connectivity index (χ2n) is 6.69. The molecular weight excluding hydrogens is 393 g/mol. The third kappa shape index (κ3) is 14.8. The van der Waals surface area contributed by atoms with Crippen LogP contribution in [0.5, 0.6) is 11.5 Å². The van der Waals surface area contributed by atoms with Crippen molar-refractivity contribution in [2.45, 2.75) is 38.5 Å². The summed E-state index contributed by atoms with van der Waals surface area (Å²) in [6.07, 6.45) is 13.1. The summed E-state index contributed by atoms with van der Waals surface area (Å²) >= 11 is 0. The molecule has 0 heterocycles. The number of likely N-dealkylation sites (N-methyl/N-ethyl adjacent to an activating group) is 1. The molecule has 1 atom stereocenters. The van der Waals surface area contributed by atoms with Crippen LogP contribution >= 0.6 is 9.12 Å². The third-order valence-corrected chi connectivity index (χ3v) is 4.34. The number of phenols is 2. The first-order chi connectivity index (χ1) is 13.6. The van der Waals surface area contributed by atoms with Gasteiger partial charge >= 0.3 is 0 Å². The number of quaternary nitrogens is 1. The number of aromatic hydroxyl groups is 2. The fourth-order valence-electron chi connectivity index (χ4n) is 2.77. The van der Waals surface area contributed by atoms with Crippen LogP contribution in [-0.2, 0) is 11.0 Å². The lowest BCUT2D eigenvalue weighted by molar-refractivity contribution is -0.880. The molecule has 1 aliphatic carbocycles. The molecule has 0 amide bonds. The van der Waals surface area contributed by atoms with E-state index in [-0.39, 0.29) is 23.6 Å². The van der Waals surface area contributed by atoms with E-state index in [1.807, 2.05) is 0 Å². The first-order valence-electron chi connectivity index (χ1n) is 9.66. The predicted octanol–water partition coefficient (Wildman–Crippen LogP) is 1.22. The van der Waals surface area contributed by atoms with Gasteiger partial charge in [-0.3, -0.25) is 4.57 Å². The van der Waals surface area contributed by atoms with Crippen LogP contribution in [0.2, 0.25) is 0 Å². The minimum absolute atomic E-state index is 0. The van der Waals surface area contributed by atoms with E-state index in [1.165, 1.54) is 48.3 Å². The summed E-state index contributed by atoms with van der Waals surface area (Å²) < 4.78 is 8.06. The Morgan fingerprint density at radius 2 is 1.69 bits per heavy atom. The van der Waals surface area contributed by atoms with Crippen molar-refractivity contribution in [2.24, 2.45) is 0 Å². The molecule has 0 radical (unpaired) electrons. The second-order valence-corrected chi connectivity index (χ2v) is 6.69. The molecule has 1 unspecified atom stereocenters. The van der Waals surface area contributed by atoms with Crippen LogP contribution in [0, 0.1) is 0 Å². The van der Waals surface area contributed by atoms with E-state index >= 15 is 0 Å². The molecule has 0 saturated heterocycles. The fraction of sp³-hybridized carbons (Fsp3) is 0.524. The highest BCUT2D eigenvalue weighted by molar-refractivity contribution is 7.00. The summed E-state index contributed by atoms with van der Waals surface area (Å²) in [5.74, 6) is -0.215. The molecule has 166 valence electrons. The van der Waals surface area contributed by atoms with Crippen molar-refractivity contribution in [1.29, 1.82) is 0 Å². The predicted molar refractivity (Wildman–Crippen MR) is 117 cm³/mol. The van der Waals surface area contributed by atoms with Crippen molar-refractivity contribution in [3.8, 4) is 11.5 Å². The van der Waals surface area contributed by atoms with Crippen LogP contribution in [0.25, 0.3) is 0 Å². The Labute approximate surface area is 175 Å². The van der Waals surface area contributed by atoms with Crippen molar-refractivity contribution >= 4 is 9.12 Å². The summed E-state index contributed by atoms with van der Waals surface area (Å²) in [7, 11) is 3.86. The monoisotopic (exact) mass is 430 g/mol. The van der Waals surface area contributed by atoms with Gasteiger partial charge in [-0.2, -0.15) is 0 Å². The van der Waals surface area contributed by atoms with Crippen LogP contribution in [-0.4, -0.2) is 59.3 Å². The standard InChI is InChI=1S/C12H21NO.C9H12O3.HOP.H2O/c1-13(10-11-14)9-5-8-12-6-3-2-4-7-12;10-5-1-2-7-3-4-8(11)9(12)6-7;1-2;/h3,6-7,14H,2,4-5,8-11H2,1H3;3-4,6,10-12H,1-2,5H2;2H;1H2/p+1. The first kappa shape index (κ1) is 29.4. The average molecular weight is 431 g/mol. The van der Waals surface area contributed by atoms with E-state index in [2.05, 4.69) is 25.3 Å². The highest BCUT2D eigenvalue weighted by atomic mass is 31.0. The van der Waals surface area contributed by atoms with E-state index in [1.54, 1.807) is 15.2 Å². The van der Waals surface area contributed by atoms with Gasteiger partial charge < -0.3 is 30.8 Å². The number of aryl methyl sites for hydroxylation is 1. The van der Waals surface area contributed by atoms with Crippen LogP contribution in [0.1, 0.15) is 37.7 Å². The zero-order chi connectivity index (χ0) is 21.2. The van der Waals surface area contributed by atoms with Gasteiger partial charge in [-0.1, -0.05) is 29.9 Å². The van der Waals surface area contributed by atoms with E-state index in [0.29, 0.717) is 19.4 Å². The number of allylic oxidation sites excluding steroid dienone is 4. The van der Waals surface area contributed by atoms with Gasteiger partial charge in [-0.15, -0.1) is 0 Å². The summed E-state index contributed by atoms with van der Waals surface area (Å²) in [4.78, 5) is 1.42. The Kier molecular flexibility index (Phi) is 19.8. The number of hydrogen-bond acceptors (Lipinski definition) is 5. The normalized spacial score (nSPS) is 13.0. The quantitative estimate of drug-likeness (QED) is 0.297. The molecule has 0 aromatic heterocycles. The zero-order valence-electron chi connectivity index (χ0n) is 17.2. The Morgan fingerprint density at radius 1 is 0.966 bits per heavy atom. The second kappa shape index (κ2) is 19.6. The molecule has 7 N–H and O–H groups in total. The molecule has 8 heteroatoms. The van der Waals surface area contributed by atoms with E-state index in [0.717, 1.165) is 18.7 Å². The number of benzene rings is 1. The Hall–Kier alpha value is -1.76. The molecule has 0 aliphatic heterocycles.